The molecule has 1 amide bonds. The van der Waals surface area contributed by atoms with Crippen molar-refractivity contribution in [3.63, 3.8) is 0 Å². The third-order valence-corrected chi connectivity index (χ3v) is 3.47. The number of nitrogens with two attached hydrogens (primary N) is 1. The van der Waals surface area contributed by atoms with Crippen LogP contribution in [0.3, 0.4) is 0 Å². The highest BCUT2D eigenvalue weighted by atomic mass is 16.1. The van der Waals surface area contributed by atoms with Crippen LogP contribution in [0.4, 0.5) is 0 Å². The number of nitrogens with one attached hydrogen (secondary N) is 1. The Morgan fingerprint density at radius 2 is 1.90 bits per heavy atom. The highest BCUT2D eigenvalue weighted by molar-refractivity contribution is 5.76. The Kier molecular flexibility index (Phi) is 5.46. The molecular formula is C17H21N3O. The summed E-state index contributed by atoms with van der Waals surface area (Å²) < 4.78 is 0. The zero-order valence-electron chi connectivity index (χ0n) is 12.2. The van der Waals surface area contributed by atoms with E-state index in [-0.39, 0.29) is 18.0 Å². The van der Waals surface area contributed by atoms with Gasteiger partial charge in [0.2, 0.25) is 5.91 Å². The van der Waals surface area contributed by atoms with Crippen molar-refractivity contribution in [2.24, 2.45) is 5.73 Å². The maximum Gasteiger partial charge on any atom is 0.220 e. The van der Waals surface area contributed by atoms with Gasteiger partial charge in [0, 0.05) is 24.9 Å². The van der Waals surface area contributed by atoms with E-state index < -0.39 is 0 Å². The fourth-order valence-corrected chi connectivity index (χ4v) is 2.18. The predicted molar refractivity (Wildman–Crippen MR) is 83.4 cm³/mol. The van der Waals surface area contributed by atoms with Gasteiger partial charge in [-0.2, -0.15) is 0 Å². The van der Waals surface area contributed by atoms with Crippen molar-refractivity contribution in [3.05, 3.63) is 66.0 Å². The average molecular weight is 283 g/mol. The van der Waals surface area contributed by atoms with Crippen molar-refractivity contribution >= 4 is 5.91 Å². The van der Waals surface area contributed by atoms with Crippen LogP contribution in [0.5, 0.6) is 0 Å². The van der Waals surface area contributed by atoms with Gasteiger partial charge in [0.15, 0.2) is 0 Å². The van der Waals surface area contributed by atoms with Crippen molar-refractivity contribution in [2.45, 2.75) is 31.8 Å². The Hall–Kier alpha value is -2.20. The van der Waals surface area contributed by atoms with Crippen LogP contribution in [0.1, 0.15) is 43.0 Å². The highest BCUT2D eigenvalue weighted by Gasteiger charge is 2.12. The zero-order valence-corrected chi connectivity index (χ0v) is 12.2. The maximum absolute atomic E-state index is 12.0. The number of hydrogen-bond donors (Lipinski definition) is 2. The lowest BCUT2D eigenvalue weighted by Crippen LogP contribution is -2.27. The van der Waals surface area contributed by atoms with Crippen LogP contribution < -0.4 is 11.1 Å². The van der Waals surface area contributed by atoms with Gasteiger partial charge in [-0.1, -0.05) is 36.4 Å². The Bertz CT molecular complexity index is 557. The lowest BCUT2D eigenvalue weighted by molar-refractivity contribution is -0.121. The monoisotopic (exact) mass is 283 g/mol. The van der Waals surface area contributed by atoms with Crippen molar-refractivity contribution < 1.29 is 4.79 Å². The first kappa shape index (κ1) is 15.2. The maximum atomic E-state index is 12.0. The lowest BCUT2D eigenvalue weighted by atomic mass is 10.0. The quantitative estimate of drug-likeness (QED) is 0.856. The molecule has 0 radical (unpaired) electrons. The van der Waals surface area contributed by atoms with Gasteiger partial charge >= 0.3 is 0 Å². The molecule has 0 bridgehead atoms. The Morgan fingerprint density at radius 3 is 2.57 bits per heavy atom. The van der Waals surface area contributed by atoms with Crippen LogP contribution in [0, 0.1) is 0 Å². The molecule has 1 unspecified atom stereocenters. The standard InChI is InChI=1S/C17H21N3O/c1-13(15-8-5-11-19-12-15)20-17(21)10-9-16(18)14-6-3-2-4-7-14/h2-8,11-13,16H,9-10,18H2,1H3,(H,20,21)/t13-,16?/m0/s1. The number of carbonyl (C=O) groups excluding carboxylic acids is 1. The first-order valence-corrected chi connectivity index (χ1v) is 7.16. The molecule has 1 heterocycles. The van der Waals surface area contributed by atoms with E-state index >= 15 is 0 Å². The Morgan fingerprint density at radius 1 is 1.19 bits per heavy atom. The van der Waals surface area contributed by atoms with Crippen LogP contribution >= 0.6 is 0 Å². The molecule has 0 fully saturated rings. The summed E-state index contributed by atoms with van der Waals surface area (Å²) in [5.74, 6) is 0.0118. The van der Waals surface area contributed by atoms with E-state index in [4.69, 9.17) is 5.73 Å². The summed E-state index contributed by atoms with van der Waals surface area (Å²) in [5, 5.41) is 2.97. The van der Waals surface area contributed by atoms with Gasteiger partial charge in [0.05, 0.1) is 6.04 Å². The number of rotatable bonds is 6. The fourth-order valence-electron chi connectivity index (χ4n) is 2.18. The molecule has 110 valence electrons. The number of benzene rings is 1. The first-order chi connectivity index (χ1) is 10.2. The van der Waals surface area contributed by atoms with E-state index in [0.29, 0.717) is 12.8 Å². The van der Waals surface area contributed by atoms with Crippen molar-refractivity contribution in [2.75, 3.05) is 0 Å². The first-order valence-electron chi connectivity index (χ1n) is 7.16. The third-order valence-electron chi connectivity index (χ3n) is 3.47. The molecule has 2 atom stereocenters. The number of amides is 1. The molecule has 1 aromatic carbocycles. The molecule has 21 heavy (non-hydrogen) atoms. The molecule has 0 saturated carbocycles. The summed E-state index contributed by atoms with van der Waals surface area (Å²) in [7, 11) is 0. The summed E-state index contributed by atoms with van der Waals surface area (Å²) in [6.45, 7) is 1.95. The molecule has 0 aliphatic carbocycles. The number of aromatic nitrogens is 1. The van der Waals surface area contributed by atoms with Crippen molar-refractivity contribution in [1.29, 1.82) is 0 Å². The Balaban J connectivity index is 1.80. The second kappa shape index (κ2) is 7.55. The normalized spacial score (nSPS) is 13.4. The molecule has 0 aliphatic rings. The zero-order chi connectivity index (χ0) is 15.1. The van der Waals surface area contributed by atoms with Crippen LogP contribution in [-0.4, -0.2) is 10.9 Å². The second-order valence-corrected chi connectivity index (χ2v) is 5.13. The smallest absolute Gasteiger partial charge is 0.220 e. The second-order valence-electron chi connectivity index (χ2n) is 5.13. The van der Waals surface area contributed by atoms with E-state index in [0.717, 1.165) is 11.1 Å². The van der Waals surface area contributed by atoms with E-state index in [1.165, 1.54) is 0 Å². The van der Waals surface area contributed by atoms with Gasteiger partial charge in [-0.25, -0.2) is 0 Å². The van der Waals surface area contributed by atoms with Crippen LogP contribution in [-0.2, 0) is 4.79 Å². The topological polar surface area (TPSA) is 68.0 Å². The predicted octanol–water partition coefficient (Wildman–Crippen LogP) is 2.74. The lowest BCUT2D eigenvalue weighted by Gasteiger charge is -2.15. The van der Waals surface area contributed by atoms with Gasteiger partial charge in [-0.05, 0) is 30.5 Å². The van der Waals surface area contributed by atoms with Crippen LogP contribution in [0.25, 0.3) is 0 Å². The number of nitrogens with zero attached hydrogens (tertiary/aromatic N) is 1. The minimum atomic E-state index is -0.106. The molecule has 0 spiro atoms. The average Bonchev–Trinajstić information content (AvgIpc) is 2.54. The largest absolute Gasteiger partial charge is 0.350 e. The SMILES string of the molecule is C[C@H](NC(=O)CCC(N)c1ccccc1)c1cccnc1. The summed E-state index contributed by atoms with van der Waals surface area (Å²) >= 11 is 0. The minimum absolute atomic E-state index is 0.0118. The summed E-state index contributed by atoms with van der Waals surface area (Å²) in [6.07, 6.45) is 4.54. The summed E-state index contributed by atoms with van der Waals surface area (Å²) in [5.41, 5.74) is 8.15. The van der Waals surface area contributed by atoms with E-state index in [2.05, 4.69) is 10.3 Å². The molecule has 0 aliphatic heterocycles. The van der Waals surface area contributed by atoms with E-state index in [9.17, 15) is 4.79 Å². The summed E-state index contributed by atoms with van der Waals surface area (Å²) in [4.78, 5) is 16.0. The Labute approximate surface area is 125 Å². The number of carbonyl (C=O) groups is 1. The van der Waals surface area contributed by atoms with Gasteiger partial charge in [0.25, 0.3) is 0 Å². The molecule has 4 heteroatoms. The van der Waals surface area contributed by atoms with Crippen molar-refractivity contribution in [3.8, 4) is 0 Å². The third kappa shape index (κ3) is 4.68. The summed E-state index contributed by atoms with van der Waals surface area (Å²) in [6, 6.07) is 13.5. The van der Waals surface area contributed by atoms with Gasteiger partial charge < -0.3 is 11.1 Å². The van der Waals surface area contributed by atoms with Crippen molar-refractivity contribution in [1.82, 2.24) is 10.3 Å². The number of hydrogen-bond acceptors (Lipinski definition) is 3. The van der Waals surface area contributed by atoms with Gasteiger partial charge in [0.1, 0.15) is 0 Å². The fraction of sp³-hybridized carbons (Fsp3) is 0.294. The molecule has 4 nitrogen and oxygen atoms in total. The molecular weight excluding hydrogens is 262 g/mol. The number of pyridine rings is 1. The van der Waals surface area contributed by atoms with Gasteiger partial charge in [-0.3, -0.25) is 9.78 Å². The molecule has 2 aromatic rings. The molecule has 0 saturated heterocycles. The molecule has 3 N–H and O–H groups in total. The van der Waals surface area contributed by atoms with E-state index in [1.54, 1.807) is 12.4 Å². The minimum Gasteiger partial charge on any atom is -0.350 e. The van der Waals surface area contributed by atoms with Gasteiger partial charge in [-0.15, -0.1) is 0 Å². The van der Waals surface area contributed by atoms with Crippen LogP contribution in [0.15, 0.2) is 54.9 Å². The van der Waals surface area contributed by atoms with E-state index in [1.807, 2.05) is 49.4 Å². The molecule has 1 aromatic heterocycles. The van der Waals surface area contributed by atoms with Crippen LogP contribution in [0.2, 0.25) is 0 Å². The molecule has 2 rings (SSSR count). The highest BCUT2D eigenvalue weighted by Crippen LogP contribution is 2.16.